The van der Waals surface area contributed by atoms with Gasteiger partial charge in [-0.2, -0.15) is 0 Å². The quantitative estimate of drug-likeness (QED) is 0.753. The second kappa shape index (κ2) is 5.58. The van der Waals surface area contributed by atoms with Gasteiger partial charge in [-0.15, -0.1) is 0 Å². The number of primary amides is 1. The van der Waals surface area contributed by atoms with Crippen LogP contribution in [0.5, 0.6) is 0 Å². The summed E-state index contributed by atoms with van der Waals surface area (Å²) in [6.45, 7) is 0. The summed E-state index contributed by atoms with van der Waals surface area (Å²) in [5, 5.41) is 2.22. The first kappa shape index (κ1) is 14.4. The molecular weight excluding hydrogens is 280 g/mol. The summed E-state index contributed by atoms with van der Waals surface area (Å²) in [5.41, 5.74) is 9.99. The van der Waals surface area contributed by atoms with E-state index in [1.165, 1.54) is 24.3 Å². The third-order valence-electron chi connectivity index (χ3n) is 2.77. The van der Waals surface area contributed by atoms with E-state index in [9.17, 15) is 18.4 Å². The van der Waals surface area contributed by atoms with Gasteiger partial charge in [0.1, 0.15) is 11.6 Å². The van der Waals surface area contributed by atoms with Crippen LogP contribution in [0.2, 0.25) is 0 Å². The molecule has 0 unspecified atom stereocenters. The van der Waals surface area contributed by atoms with Crippen LogP contribution >= 0.6 is 0 Å². The zero-order valence-electron chi connectivity index (χ0n) is 10.7. The first-order valence-electron chi connectivity index (χ1n) is 5.84. The Bertz CT molecular complexity index is 715. The zero-order chi connectivity index (χ0) is 15.6. The van der Waals surface area contributed by atoms with E-state index < -0.39 is 23.4 Å². The maximum absolute atomic E-state index is 13.6. The zero-order valence-corrected chi connectivity index (χ0v) is 10.7. The van der Waals surface area contributed by atoms with Crippen LogP contribution in [-0.2, 0) is 0 Å². The summed E-state index contributed by atoms with van der Waals surface area (Å²) in [6, 6.07) is 6.98. The summed E-state index contributed by atoms with van der Waals surface area (Å²) in [5.74, 6) is -2.98. The number of carbonyl (C=O) groups is 2. The number of hydrogen-bond acceptors (Lipinski definition) is 3. The lowest BCUT2D eigenvalue weighted by atomic mass is 10.1. The van der Waals surface area contributed by atoms with Crippen LogP contribution in [0.25, 0.3) is 0 Å². The lowest BCUT2D eigenvalue weighted by Crippen LogP contribution is -2.15. The van der Waals surface area contributed by atoms with Gasteiger partial charge in [-0.05, 0) is 24.3 Å². The Morgan fingerprint density at radius 2 is 1.52 bits per heavy atom. The van der Waals surface area contributed by atoms with E-state index >= 15 is 0 Å². The Morgan fingerprint density at radius 1 is 0.952 bits per heavy atom. The smallest absolute Gasteiger partial charge is 0.255 e. The first-order chi connectivity index (χ1) is 9.88. The number of hydrogen-bond donors (Lipinski definition) is 3. The minimum absolute atomic E-state index is 0.164. The Kier molecular flexibility index (Phi) is 3.84. The van der Waals surface area contributed by atoms with Crippen molar-refractivity contribution in [2.75, 3.05) is 11.1 Å². The highest BCUT2D eigenvalue weighted by Crippen LogP contribution is 2.21. The van der Waals surface area contributed by atoms with E-state index in [4.69, 9.17) is 11.5 Å². The van der Waals surface area contributed by atoms with Crippen molar-refractivity contribution in [3.8, 4) is 0 Å². The molecule has 0 aromatic heterocycles. The number of carbonyl (C=O) groups excluding carboxylic acids is 2. The maximum atomic E-state index is 13.6. The van der Waals surface area contributed by atoms with Gasteiger partial charge in [0, 0.05) is 23.3 Å². The molecule has 0 heterocycles. The van der Waals surface area contributed by atoms with Gasteiger partial charge < -0.3 is 16.8 Å². The van der Waals surface area contributed by atoms with Crippen LogP contribution < -0.4 is 16.8 Å². The minimum atomic E-state index is -0.851. The van der Waals surface area contributed by atoms with Gasteiger partial charge in [-0.1, -0.05) is 0 Å². The third-order valence-corrected chi connectivity index (χ3v) is 2.77. The van der Waals surface area contributed by atoms with Gasteiger partial charge in [0.25, 0.3) is 5.91 Å². The van der Waals surface area contributed by atoms with Gasteiger partial charge in [0.2, 0.25) is 5.91 Å². The van der Waals surface area contributed by atoms with E-state index in [0.29, 0.717) is 0 Å². The Hall–Kier alpha value is -2.96. The molecule has 0 saturated carbocycles. The van der Waals surface area contributed by atoms with Crippen molar-refractivity contribution in [3.63, 3.8) is 0 Å². The monoisotopic (exact) mass is 291 g/mol. The first-order valence-corrected chi connectivity index (χ1v) is 5.84. The number of amides is 2. The average molecular weight is 291 g/mol. The fourth-order valence-corrected chi connectivity index (χ4v) is 1.64. The van der Waals surface area contributed by atoms with Crippen molar-refractivity contribution in [2.45, 2.75) is 0 Å². The van der Waals surface area contributed by atoms with Gasteiger partial charge in [0.15, 0.2) is 0 Å². The van der Waals surface area contributed by atoms with Gasteiger partial charge in [-0.3, -0.25) is 9.59 Å². The number of nitrogens with one attached hydrogen (secondary N) is 1. The summed E-state index contributed by atoms with van der Waals surface area (Å²) in [6.07, 6.45) is 0. The predicted molar refractivity (Wildman–Crippen MR) is 73.7 cm³/mol. The Morgan fingerprint density at radius 3 is 2.10 bits per heavy atom. The molecule has 0 aliphatic rings. The molecule has 0 fully saturated rings. The van der Waals surface area contributed by atoms with E-state index in [-0.39, 0.29) is 22.5 Å². The third kappa shape index (κ3) is 3.14. The van der Waals surface area contributed by atoms with Gasteiger partial charge >= 0.3 is 0 Å². The summed E-state index contributed by atoms with van der Waals surface area (Å²) >= 11 is 0. The molecule has 5 nitrogen and oxygen atoms in total. The number of nitrogens with two attached hydrogens (primary N) is 2. The standard InChI is InChI=1S/C14H11F2N3O2/c15-9-6-12(10(16)5-11(9)17)19-14(21)8-3-1-7(2-4-8)13(18)20/h1-6H,17H2,(H2,18,20)(H,19,21). The van der Waals surface area contributed by atoms with E-state index in [1.807, 2.05) is 0 Å². The molecule has 7 heteroatoms. The molecule has 2 rings (SSSR count). The molecule has 0 aliphatic carbocycles. The highest BCUT2D eigenvalue weighted by Gasteiger charge is 2.12. The van der Waals surface area contributed by atoms with Gasteiger partial charge in [-0.25, -0.2) is 8.78 Å². The fraction of sp³-hybridized carbons (Fsp3) is 0. The van der Waals surface area contributed by atoms with Crippen LogP contribution in [0.15, 0.2) is 36.4 Å². The molecule has 21 heavy (non-hydrogen) atoms. The molecular formula is C14H11F2N3O2. The van der Waals surface area contributed by atoms with Crippen LogP contribution in [0.3, 0.4) is 0 Å². The lowest BCUT2D eigenvalue weighted by molar-refractivity contribution is 0.0995. The molecule has 0 saturated heterocycles. The van der Waals surface area contributed by atoms with Crippen molar-refractivity contribution in [3.05, 3.63) is 59.2 Å². The second-order valence-corrected chi connectivity index (χ2v) is 4.25. The van der Waals surface area contributed by atoms with Crippen LogP contribution in [0.4, 0.5) is 20.2 Å². The molecule has 0 bridgehead atoms. The largest absolute Gasteiger partial charge is 0.396 e. The molecule has 2 amide bonds. The van der Waals surface area contributed by atoms with E-state index in [1.54, 1.807) is 0 Å². The fourth-order valence-electron chi connectivity index (χ4n) is 1.64. The maximum Gasteiger partial charge on any atom is 0.255 e. The molecule has 2 aromatic rings. The molecule has 0 radical (unpaired) electrons. The molecule has 0 spiro atoms. The van der Waals surface area contributed by atoms with Crippen LogP contribution in [-0.4, -0.2) is 11.8 Å². The highest BCUT2D eigenvalue weighted by atomic mass is 19.1. The van der Waals surface area contributed by atoms with Crippen molar-refractivity contribution in [1.29, 1.82) is 0 Å². The lowest BCUT2D eigenvalue weighted by Gasteiger charge is -2.08. The summed E-state index contributed by atoms with van der Waals surface area (Å²) in [7, 11) is 0. The Balaban J connectivity index is 2.22. The Labute approximate surface area is 118 Å². The SMILES string of the molecule is NC(=O)c1ccc(C(=O)Nc2cc(F)c(N)cc2F)cc1. The van der Waals surface area contributed by atoms with Crippen LogP contribution in [0, 0.1) is 11.6 Å². The molecule has 0 aliphatic heterocycles. The van der Waals surface area contributed by atoms with Crippen molar-refractivity contribution >= 4 is 23.2 Å². The number of anilines is 2. The molecule has 2 aromatic carbocycles. The topological polar surface area (TPSA) is 98.2 Å². The molecule has 108 valence electrons. The normalized spacial score (nSPS) is 10.2. The van der Waals surface area contributed by atoms with Crippen LogP contribution in [0.1, 0.15) is 20.7 Å². The number of rotatable bonds is 3. The van der Waals surface area contributed by atoms with E-state index in [2.05, 4.69) is 5.32 Å². The predicted octanol–water partition coefficient (Wildman–Crippen LogP) is 1.90. The number of nitrogen functional groups attached to an aromatic ring is 1. The molecule has 0 atom stereocenters. The van der Waals surface area contributed by atoms with Gasteiger partial charge in [0.05, 0.1) is 11.4 Å². The van der Waals surface area contributed by atoms with E-state index in [0.717, 1.165) is 12.1 Å². The van der Waals surface area contributed by atoms with Crippen molar-refractivity contribution in [1.82, 2.24) is 0 Å². The summed E-state index contributed by atoms with van der Waals surface area (Å²) < 4.78 is 26.8. The second-order valence-electron chi connectivity index (χ2n) is 4.25. The van der Waals surface area contributed by atoms with Crippen molar-refractivity contribution < 1.29 is 18.4 Å². The average Bonchev–Trinajstić information content (AvgIpc) is 2.44. The number of halogens is 2. The number of benzene rings is 2. The summed E-state index contributed by atoms with van der Waals surface area (Å²) in [4.78, 5) is 22.8. The molecule has 5 N–H and O–H groups in total. The highest BCUT2D eigenvalue weighted by molar-refractivity contribution is 6.05. The van der Waals surface area contributed by atoms with Crippen molar-refractivity contribution in [2.24, 2.45) is 5.73 Å². The minimum Gasteiger partial charge on any atom is -0.396 e.